The van der Waals surface area contributed by atoms with Crippen LogP contribution in [-0.2, 0) is 16.0 Å². The van der Waals surface area contributed by atoms with E-state index >= 15 is 0 Å². The Morgan fingerprint density at radius 1 is 1.14 bits per heavy atom. The van der Waals surface area contributed by atoms with Crippen LogP contribution in [0.3, 0.4) is 0 Å². The van der Waals surface area contributed by atoms with Crippen molar-refractivity contribution in [3.63, 3.8) is 0 Å². The molecule has 2 fully saturated rings. The highest BCUT2D eigenvalue weighted by Gasteiger charge is 2.33. The molecule has 2 saturated heterocycles. The minimum atomic E-state index is -0.205. The molecule has 0 spiro atoms. The number of carbonyl (C=O) groups excluding carboxylic acids is 2. The molecule has 112 valence electrons. The maximum absolute atomic E-state index is 12.3. The zero-order chi connectivity index (χ0) is 14.7. The molecule has 0 aromatic heterocycles. The summed E-state index contributed by atoms with van der Waals surface area (Å²) in [6.45, 7) is 2.62. The smallest absolute Gasteiger partial charge is 0.410 e. The molecule has 0 atom stereocenters. The fraction of sp³-hybridized carbons (Fsp3) is 0.500. The Hall–Kier alpha value is -2.04. The van der Waals surface area contributed by atoms with Crippen LogP contribution in [0.25, 0.3) is 0 Å². The fourth-order valence-electron chi connectivity index (χ4n) is 3.05. The van der Waals surface area contributed by atoms with Gasteiger partial charge in [0.2, 0.25) is 5.91 Å². The minimum absolute atomic E-state index is 0.170. The van der Waals surface area contributed by atoms with E-state index in [-0.39, 0.29) is 18.0 Å². The van der Waals surface area contributed by atoms with Crippen LogP contribution < -0.4 is 0 Å². The van der Waals surface area contributed by atoms with Crippen LogP contribution in [0.5, 0.6) is 0 Å². The summed E-state index contributed by atoms with van der Waals surface area (Å²) in [7, 11) is 0. The van der Waals surface area contributed by atoms with E-state index in [1.807, 2.05) is 35.2 Å². The van der Waals surface area contributed by atoms with Crippen molar-refractivity contribution in [1.82, 2.24) is 9.80 Å². The van der Waals surface area contributed by atoms with Gasteiger partial charge in [-0.05, 0) is 18.4 Å². The summed E-state index contributed by atoms with van der Waals surface area (Å²) in [4.78, 5) is 27.5. The van der Waals surface area contributed by atoms with Crippen LogP contribution in [-0.4, -0.2) is 54.1 Å². The average molecular weight is 288 g/mol. The predicted molar refractivity (Wildman–Crippen MR) is 77.8 cm³/mol. The van der Waals surface area contributed by atoms with Crippen molar-refractivity contribution in [2.45, 2.75) is 25.3 Å². The molecule has 0 bridgehead atoms. The number of cyclic esters (lactones) is 1. The highest BCUT2D eigenvalue weighted by Crippen LogP contribution is 2.20. The van der Waals surface area contributed by atoms with E-state index in [1.165, 1.54) is 0 Å². The van der Waals surface area contributed by atoms with Crippen LogP contribution in [0, 0.1) is 0 Å². The largest absolute Gasteiger partial charge is 0.448 e. The molecule has 0 N–H and O–H groups in total. The van der Waals surface area contributed by atoms with E-state index in [0.717, 1.165) is 31.5 Å². The fourth-order valence-corrected chi connectivity index (χ4v) is 3.05. The zero-order valence-electron chi connectivity index (χ0n) is 12.0. The van der Waals surface area contributed by atoms with Gasteiger partial charge in [-0.15, -0.1) is 0 Å². The molecule has 0 radical (unpaired) electrons. The Labute approximate surface area is 124 Å². The lowest BCUT2D eigenvalue weighted by molar-refractivity contribution is -0.131. The third-order valence-electron chi connectivity index (χ3n) is 4.25. The number of benzene rings is 1. The highest BCUT2D eigenvalue weighted by atomic mass is 16.6. The van der Waals surface area contributed by atoms with E-state index in [9.17, 15) is 9.59 Å². The normalized spacial score (nSPS) is 19.7. The topological polar surface area (TPSA) is 49.9 Å². The van der Waals surface area contributed by atoms with E-state index in [4.69, 9.17) is 4.74 Å². The van der Waals surface area contributed by atoms with Crippen molar-refractivity contribution in [2.24, 2.45) is 0 Å². The molecular weight excluding hydrogens is 268 g/mol. The van der Waals surface area contributed by atoms with Gasteiger partial charge >= 0.3 is 6.09 Å². The SMILES string of the molecule is O=C(Cc1ccccc1)N1CCC(N2CCOC2=O)CC1. The van der Waals surface area contributed by atoms with Crippen LogP contribution >= 0.6 is 0 Å². The van der Waals surface area contributed by atoms with Crippen molar-refractivity contribution >= 4 is 12.0 Å². The van der Waals surface area contributed by atoms with Crippen LogP contribution in [0.15, 0.2) is 30.3 Å². The van der Waals surface area contributed by atoms with Crippen molar-refractivity contribution in [1.29, 1.82) is 0 Å². The number of rotatable bonds is 3. The van der Waals surface area contributed by atoms with Crippen LogP contribution in [0.4, 0.5) is 4.79 Å². The second-order valence-electron chi connectivity index (χ2n) is 5.58. The summed E-state index contributed by atoms with van der Waals surface area (Å²) in [5.74, 6) is 0.170. The first kappa shape index (κ1) is 13.9. The molecule has 2 heterocycles. The minimum Gasteiger partial charge on any atom is -0.448 e. The lowest BCUT2D eigenvalue weighted by Crippen LogP contribution is -2.47. The summed E-state index contributed by atoms with van der Waals surface area (Å²) in [6.07, 6.45) is 1.94. The van der Waals surface area contributed by atoms with Crippen molar-refractivity contribution in [3.05, 3.63) is 35.9 Å². The summed E-state index contributed by atoms with van der Waals surface area (Å²) >= 11 is 0. The maximum Gasteiger partial charge on any atom is 0.410 e. The third kappa shape index (κ3) is 3.17. The number of hydrogen-bond donors (Lipinski definition) is 0. The Balaban J connectivity index is 1.51. The van der Waals surface area contributed by atoms with Crippen LogP contribution in [0.2, 0.25) is 0 Å². The third-order valence-corrected chi connectivity index (χ3v) is 4.25. The Kier molecular flexibility index (Phi) is 4.08. The van der Waals surface area contributed by atoms with Gasteiger partial charge in [-0.1, -0.05) is 30.3 Å². The maximum atomic E-state index is 12.3. The molecule has 21 heavy (non-hydrogen) atoms. The molecule has 0 saturated carbocycles. The van der Waals surface area contributed by atoms with Crippen molar-refractivity contribution in [2.75, 3.05) is 26.2 Å². The first-order valence-corrected chi connectivity index (χ1v) is 7.49. The number of hydrogen-bond acceptors (Lipinski definition) is 3. The number of piperidine rings is 1. The number of amides is 2. The Morgan fingerprint density at radius 3 is 2.48 bits per heavy atom. The lowest BCUT2D eigenvalue weighted by Gasteiger charge is -2.35. The van der Waals surface area contributed by atoms with E-state index in [1.54, 1.807) is 4.90 Å². The van der Waals surface area contributed by atoms with Crippen LogP contribution in [0.1, 0.15) is 18.4 Å². The molecular formula is C16H20N2O3. The van der Waals surface area contributed by atoms with E-state index < -0.39 is 0 Å². The zero-order valence-corrected chi connectivity index (χ0v) is 12.0. The molecule has 5 nitrogen and oxygen atoms in total. The van der Waals surface area contributed by atoms with Gasteiger partial charge in [0.05, 0.1) is 13.0 Å². The molecule has 3 rings (SSSR count). The molecule has 1 aromatic rings. The molecule has 2 aliphatic rings. The van der Waals surface area contributed by atoms with Gasteiger partial charge in [-0.25, -0.2) is 4.79 Å². The number of carbonyl (C=O) groups is 2. The van der Waals surface area contributed by atoms with E-state index in [0.29, 0.717) is 19.6 Å². The highest BCUT2D eigenvalue weighted by molar-refractivity contribution is 5.79. The van der Waals surface area contributed by atoms with Gasteiger partial charge in [0.25, 0.3) is 0 Å². The molecule has 2 aliphatic heterocycles. The first-order valence-electron chi connectivity index (χ1n) is 7.49. The monoisotopic (exact) mass is 288 g/mol. The summed E-state index contributed by atoms with van der Waals surface area (Å²) in [5, 5.41) is 0. The van der Waals surface area contributed by atoms with Crippen molar-refractivity contribution < 1.29 is 14.3 Å². The Bertz CT molecular complexity index is 510. The molecule has 1 aromatic carbocycles. The van der Waals surface area contributed by atoms with Gasteiger partial charge in [0.15, 0.2) is 0 Å². The molecule has 5 heteroatoms. The second-order valence-corrected chi connectivity index (χ2v) is 5.58. The van der Waals surface area contributed by atoms with Gasteiger partial charge in [-0.2, -0.15) is 0 Å². The summed E-state index contributed by atoms with van der Waals surface area (Å²) < 4.78 is 4.98. The second kappa shape index (κ2) is 6.16. The predicted octanol–water partition coefficient (Wildman–Crippen LogP) is 1.67. The summed E-state index contributed by atoms with van der Waals surface area (Å²) in [6, 6.07) is 10.0. The summed E-state index contributed by atoms with van der Waals surface area (Å²) in [5.41, 5.74) is 1.05. The van der Waals surface area contributed by atoms with Gasteiger partial charge in [-0.3, -0.25) is 4.79 Å². The van der Waals surface area contributed by atoms with E-state index in [2.05, 4.69) is 0 Å². The average Bonchev–Trinajstić information content (AvgIpc) is 2.94. The first-order chi connectivity index (χ1) is 10.2. The van der Waals surface area contributed by atoms with Crippen molar-refractivity contribution in [3.8, 4) is 0 Å². The number of nitrogens with zero attached hydrogens (tertiary/aromatic N) is 2. The lowest BCUT2D eigenvalue weighted by atomic mass is 10.0. The quantitative estimate of drug-likeness (QED) is 0.850. The molecule has 0 aliphatic carbocycles. The van der Waals surface area contributed by atoms with Gasteiger partial charge in [0.1, 0.15) is 6.61 Å². The van der Waals surface area contributed by atoms with Gasteiger partial charge < -0.3 is 14.5 Å². The molecule has 2 amide bonds. The number of likely N-dealkylation sites (tertiary alicyclic amines) is 1. The van der Waals surface area contributed by atoms with Gasteiger partial charge in [0, 0.05) is 19.1 Å². The Morgan fingerprint density at radius 2 is 1.86 bits per heavy atom. The standard InChI is InChI=1S/C16H20N2O3/c19-15(12-13-4-2-1-3-5-13)17-8-6-14(7-9-17)18-10-11-21-16(18)20/h1-5,14H,6-12H2. The molecule has 0 unspecified atom stereocenters. The number of ether oxygens (including phenoxy) is 1.